The van der Waals surface area contributed by atoms with E-state index in [0.717, 1.165) is 11.6 Å². The minimum atomic E-state index is -0.831. The zero-order valence-electron chi connectivity index (χ0n) is 12.2. The lowest BCUT2D eigenvalue weighted by Crippen LogP contribution is -2.04. The van der Waals surface area contributed by atoms with Gasteiger partial charge in [0.1, 0.15) is 0 Å². The zero-order chi connectivity index (χ0) is 15.6. The number of halogens is 1. The molecule has 110 valence electrons. The Morgan fingerprint density at radius 3 is 2.29 bits per heavy atom. The van der Waals surface area contributed by atoms with Gasteiger partial charge >= 0.3 is 5.69 Å². The van der Waals surface area contributed by atoms with Crippen molar-refractivity contribution in [2.45, 2.75) is 27.3 Å². The second kappa shape index (κ2) is 5.91. The Labute approximate surface area is 122 Å². The van der Waals surface area contributed by atoms with Gasteiger partial charge in [-0.05, 0) is 43.5 Å². The minimum absolute atomic E-state index is 0.511. The highest BCUT2D eigenvalue weighted by atomic mass is 19.1. The molecule has 1 N–H and O–H groups in total. The predicted octanol–water partition coefficient (Wildman–Crippen LogP) is 4.27. The third-order valence-corrected chi connectivity index (χ3v) is 3.45. The molecule has 0 aliphatic rings. The lowest BCUT2D eigenvalue weighted by atomic mass is 10.00. The molecule has 0 unspecified atom stereocenters. The van der Waals surface area contributed by atoms with Gasteiger partial charge in [0.2, 0.25) is 5.82 Å². The van der Waals surface area contributed by atoms with Gasteiger partial charge in [-0.2, -0.15) is 4.39 Å². The van der Waals surface area contributed by atoms with Crippen molar-refractivity contribution in [2.24, 2.45) is 0 Å². The van der Waals surface area contributed by atoms with Crippen LogP contribution < -0.4 is 5.32 Å². The summed E-state index contributed by atoms with van der Waals surface area (Å²) >= 11 is 0. The van der Waals surface area contributed by atoms with Crippen LogP contribution in [0.3, 0.4) is 0 Å². The van der Waals surface area contributed by atoms with Gasteiger partial charge in [-0.25, -0.2) is 0 Å². The Balaban J connectivity index is 2.17. The lowest BCUT2D eigenvalue weighted by molar-refractivity contribution is -0.387. The predicted molar refractivity (Wildman–Crippen MR) is 81.0 cm³/mol. The summed E-state index contributed by atoms with van der Waals surface area (Å²) in [6, 6.07) is 8.03. The number of hydrogen-bond acceptors (Lipinski definition) is 3. The molecule has 2 rings (SSSR count). The molecular formula is C16H17FN2O2. The first kappa shape index (κ1) is 15.0. The Hall–Kier alpha value is -2.43. The first-order valence-corrected chi connectivity index (χ1v) is 6.63. The van der Waals surface area contributed by atoms with Crippen LogP contribution in [0, 0.1) is 36.7 Å². The summed E-state index contributed by atoms with van der Waals surface area (Å²) < 4.78 is 13.6. The molecule has 0 radical (unpaired) electrons. The number of nitro benzene ring substituents is 1. The maximum atomic E-state index is 13.6. The normalized spacial score (nSPS) is 10.5. The Morgan fingerprint density at radius 2 is 1.76 bits per heavy atom. The molecule has 0 atom stereocenters. The summed E-state index contributed by atoms with van der Waals surface area (Å²) in [6.07, 6.45) is 0. The number of hydrogen-bond donors (Lipinski definition) is 1. The monoisotopic (exact) mass is 288 g/mol. The van der Waals surface area contributed by atoms with E-state index in [1.54, 1.807) is 0 Å². The molecule has 5 heteroatoms. The Kier molecular flexibility index (Phi) is 4.21. The third-order valence-electron chi connectivity index (χ3n) is 3.45. The minimum Gasteiger partial charge on any atom is -0.381 e. The van der Waals surface area contributed by atoms with E-state index in [1.165, 1.54) is 28.8 Å². The van der Waals surface area contributed by atoms with E-state index >= 15 is 0 Å². The van der Waals surface area contributed by atoms with E-state index in [1.807, 2.05) is 20.8 Å². The molecule has 0 bridgehead atoms. The van der Waals surface area contributed by atoms with Crippen molar-refractivity contribution in [1.82, 2.24) is 0 Å². The number of nitrogens with zero attached hydrogens (tertiary/aromatic N) is 1. The molecule has 0 aliphatic carbocycles. The summed E-state index contributed by atoms with van der Waals surface area (Å²) in [4.78, 5) is 9.85. The maximum Gasteiger partial charge on any atom is 0.304 e. The van der Waals surface area contributed by atoms with Crippen LogP contribution in [0.2, 0.25) is 0 Å². The molecular weight excluding hydrogens is 271 g/mol. The second-order valence-corrected chi connectivity index (χ2v) is 5.15. The summed E-state index contributed by atoms with van der Waals surface area (Å²) in [5.74, 6) is -0.831. The highest BCUT2D eigenvalue weighted by molar-refractivity contribution is 5.51. The first-order chi connectivity index (χ1) is 9.88. The molecule has 2 aromatic rings. The van der Waals surface area contributed by atoms with Gasteiger partial charge in [-0.1, -0.05) is 17.7 Å². The molecule has 0 aliphatic heterocycles. The van der Waals surface area contributed by atoms with E-state index in [0.29, 0.717) is 12.2 Å². The zero-order valence-corrected chi connectivity index (χ0v) is 12.2. The number of anilines is 1. The number of nitro groups is 1. The van der Waals surface area contributed by atoms with Crippen LogP contribution in [0.1, 0.15) is 22.3 Å². The standard InChI is InChI=1S/C16H17FN2O2/c1-10-6-11(2)14(12(3)7-10)9-18-13-4-5-16(19(20)21)15(17)8-13/h4-8,18H,9H2,1-3H3. The van der Waals surface area contributed by atoms with E-state index in [-0.39, 0.29) is 0 Å². The molecule has 0 heterocycles. The molecule has 2 aromatic carbocycles. The smallest absolute Gasteiger partial charge is 0.304 e. The van der Waals surface area contributed by atoms with Gasteiger partial charge in [-0.3, -0.25) is 10.1 Å². The fourth-order valence-corrected chi connectivity index (χ4v) is 2.44. The summed E-state index contributed by atoms with van der Waals surface area (Å²) in [5.41, 5.74) is 4.71. The van der Waals surface area contributed by atoms with Gasteiger partial charge in [0, 0.05) is 24.4 Å². The van der Waals surface area contributed by atoms with E-state index in [2.05, 4.69) is 17.4 Å². The van der Waals surface area contributed by atoms with Crippen LogP contribution >= 0.6 is 0 Å². The van der Waals surface area contributed by atoms with Crippen molar-refractivity contribution in [1.29, 1.82) is 0 Å². The quantitative estimate of drug-likeness (QED) is 0.675. The van der Waals surface area contributed by atoms with Gasteiger partial charge < -0.3 is 5.32 Å². The largest absolute Gasteiger partial charge is 0.381 e. The Bertz CT molecular complexity index is 676. The molecule has 0 spiro atoms. The molecule has 4 nitrogen and oxygen atoms in total. The molecule has 0 aromatic heterocycles. The second-order valence-electron chi connectivity index (χ2n) is 5.15. The van der Waals surface area contributed by atoms with Crippen molar-refractivity contribution in [2.75, 3.05) is 5.32 Å². The van der Waals surface area contributed by atoms with Crippen LogP contribution in [-0.2, 0) is 6.54 Å². The van der Waals surface area contributed by atoms with Crippen LogP contribution in [0.5, 0.6) is 0 Å². The summed E-state index contributed by atoms with van der Waals surface area (Å²) in [7, 11) is 0. The number of nitrogens with one attached hydrogen (secondary N) is 1. The van der Waals surface area contributed by atoms with Gasteiger partial charge in [0.25, 0.3) is 0 Å². The lowest BCUT2D eigenvalue weighted by Gasteiger charge is -2.13. The average Bonchev–Trinajstić information content (AvgIpc) is 2.36. The summed E-state index contributed by atoms with van der Waals surface area (Å²) in [6.45, 7) is 6.67. The molecule has 0 saturated carbocycles. The van der Waals surface area contributed by atoms with Crippen LogP contribution in [0.15, 0.2) is 30.3 Å². The van der Waals surface area contributed by atoms with Gasteiger partial charge in [-0.15, -0.1) is 0 Å². The van der Waals surface area contributed by atoms with Crippen molar-refractivity contribution in [3.8, 4) is 0 Å². The topological polar surface area (TPSA) is 55.2 Å². The van der Waals surface area contributed by atoms with Crippen LogP contribution in [0.4, 0.5) is 15.8 Å². The van der Waals surface area contributed by atoms with Crippen molar-refractivity contribution in [3.63, 3.8) is 0 Å². The van der Waals surface area contributed by atoms with E-state index < -0.39 is 16.4 Å². The van der Waals surface area contributed by atoms with Crippen molar-refractivity contribution < 1.29 is 9.31 Å². The first-order valence-electron chi connectivity index (χ1n) is 6.63. The van der Waals surface area contributed by atoms with E-state index in [4.69, 9.17) is 0 Å². The highest BCUT2D eigenvalue weighted by Gasteiger charge is 2.13. The fraction of sp³-hybridized carbons (Fsp3) is 0.250. The van der Waals surface area contributed by atoms with Crippen LogP contribution in [-0.4, -0.2) is 4.92 Å². The highest BCUT2D eigenvalue weighted by Crippen LogP contribution is 2.22. The molecule has 0 fully saturated rings. The number of aryl methyl sites for hydroxylation is 3. The SMILES string of the molecule is Cc1cc(C)c(CNc2ccc([N+](=O)[O-])c(F)c2)c(C)c1. The van der Waals surface area contributed by atoms with E-state index in [9.17, 15) is 14.5 Å². The van der Waals surface area contributed by atoms with Crippen LogP contribution in [0.25, 0.3) is 0 Å². The Morgan fingerprint density at radius 1 is 1.14 bits per heavy atom. The average molecular weight is 288 g/mol. The van der Waals surface area contributed by atoms with Crippen molar-refractivity contribution >= 4 is 11.4 Å². The maximum absolute atomic E-state index is 13.6. The third kappa shape index (κ3) is 3.37. The van der Waals surface area contributed by atoms with Crippen molar-refractivity contribution in [3.05, 3.63) is 68.5 Å². The number of benzene rings is 2. The van der Waals surface area contributed by atoms with Gasteiger partial charge in [0.05, 0.1) is 4.92 Å². The molecule has 21 heavy (non-hydrogen) atoms. The van der Waals surface area contributed by atoms with Gasteiger partial charge in [0.15, 0.2) is 0 Å². The molecule has 0 saturated heterocycles. The number of rotatable bonds is 4. The molecule has 0 amide bonds. The summed E-state index contributed by atoms with van der Waals surface area (Å²) in [5, 5.41) is 13.7. The fourth-order valence-electron chi connectivity index (χ4n) is 2.44.